The highest BCUT2D eigenvalue weighted by Crippen LogP contribution is 2.22. The SMILES string of the molecule is C[C@@H](Oc1ccc(C(=O)Nc2ccccc2Cl)cc1)C(=O)Nc1ccc(F)cc1. The Morgan fingerprint density at radius 2 is 1.59 bits per heavy atom. The van der Waals surface area contributed by atoms with E-state index in [2.05, 4.69) is 10.6 Å². The van der Waals surface area contributed by atoms with Crippen molar-refractivity contribution >= 4 is 34.8 Å². The molecule has 1 atom stereocenters. The number of rotatable bonds is 6. The number of nitrogens with one attached hydrogen (secondary N) is 2. The molecule has 29 heavy (non-hydrogen) atoms. The zero-order chi connectivity index (χ0) is 20.8. The maximum absolute atomic E-state index is 12.9. The number of carbonyl (C=O) groups is 2. The van der Waals surface area contributed by atoms with Crippen LogP contribution in [-0.2, 0) is 4.79 Å². The summed E-state index contributed by atoms with van der Waals surface area (Å²) in [6.45, 7) is 1.59. The monoisotopic (exact) mass is 412 g/mol. The van der Waals surface area contributed by atoms with Crippen molar-refractivity contribution in [3.63, 3.8) is 0 Å². The zero-order valence-electron chi connectivity index (χ0n) is 15.5. The van der Waals surface area contributed by atoms with Crippen LogP contribution in [0.3, 0.4) is 0 Å². The number of carbonyl (C=O) groups excluding carboxylic acids is 2. The van der Waals surface area contributed by atoms with Crippen LogP contribution in [0.1, 0.15) is 17.3 Å². The lowest BCUT2D eigenvalue weighted by atomic mass is 10.2. The van der Waals surface area contributed by atoms with Gasteiger partial charge in [-0.2, -0.15) is 0 Å². The van der Waals surface area contributed by atoms with Gasteiger partial charge < -0.3 is 15.4 Å². The number of anilines is 2. The van der Waals surface area contributed by atoms with E-state index >= 15 is 0 Å². The molecule has 3 aromatic carbocycles. The molecular formula is C22H18ClFN2O3. The van der Waals surface area contributed by atoms with Crippen LogP contribution in [0.15, 0.2) is 72.8 Å². The Bertz CT molecular complexity index is 1010. The molecule has 0 aromatic heterocycles. The molecule has 0 radical (unpaired) electrons. The highest BCUT2D eigenvalue weighted by atomic mass is 35.5. The van der Waals surface area contributed by atoms with E-state index in [1.165, 1.54) is 24.3 Å². The Hall–Kier alpha value is -3.38. The molecule has 5 nitrogen and oxygen atoms in total. The molecule has 0 saturated carbocycles. The van der Waals surface area contributed by atoms with Gasteiger partial charge in [0.1, 0.15) is 11.6 Å². The molecule has 3 rings (SSSR count). The summed E-state index contributed by atoms with van der Waals surface area (Å²) in [5.41, 5.74) is 1.41. The van der Waals surface area contributed by atoms with Crippen LogP contribution in [0.25, 0.3) is 0 Å². The van der Waals surface area contributed by atoms with E-state index in [0.29, 0.717) is 27.7 Å². The predicted molar refractivity (Wildman–Crippen MR) is 111 cm³/mol. The summed E-state index contributed by atoms with van der Waals surface area (Å²) in [4.78, 5) is 24.5. The fraction of sp³-hybridized carbons (Fsp3) is 0.0909. The van der Waals surface area contributed by atoms with Crippen molar-refractivity contribution in [3.05, 3.63) is 89.2 Å². The van der Waals surface area contributed by atoms with Gasteiger partial charge >= 0.3 is 0 Å². The topological polar surface area (TPSA) is 67.4 Å². The molecule has 2 amide bonds. The first-order valence-electron chi connectivity index (χ1n) is 8.81. The van der Waals surface area contributed by atoms with Crippen molar-refractivity contribution in [3.8, 4) is 5.75 Å². The molecule has 0 aliphatic heterocycles. The third-order valence-electron chi connectivity index (χ3n) is 4.03. The van der Waals surface area contributed by atoms with Crippen LogP contribution in [0, 0.1) is 5.82 Å². The van der Waals surface area contributed by atoms with Gasteiger partial charge in [0.05, 0.1) is 10.7 Å². The Kier molecular flexibility index (Phi) is 6.46. The van der Waals surface area contributed by atoms with Gasteiger partial charge in [0, 0.05) is 11.3 Å². The highest BCUT2D eigenvalue weighted by Gasteiger charge is 2.15. The van der Waals surface area contributed by atoms with E-state index in [9.17, 15) is 14.0 Å². The van der Waals surface area contributed by atoms with E-state index in [-0.39, 0.29) is 17.6 Å². The Labute approximate surface area is 172 Å². The minimum Gasteiger partial charge on any atom is -0.481 e. The van der Waals surface area contributed by atoms with Crippen molar-refractivity contribution in [1.29, 1.82) is 0 Å². The third-order valence-corrected chi connectivity index (χ3v) is 4.36. The molecular weight excluding hydrogens is 395 g/mol. The van der Waals surface area contributed by atoms with Crippen molar-refractivity contribution in [1.82, 2.24) is 0 Å². The van der Waals surface area contributed by atoms with E-state index in [1.54, 1.807) is 55.5 Å². The van der Waals surface area contributed by atoms with Crippen molar-refractivity contribution in [2.24, 2.45) is 0 Å². The number of amides is 2. The second-order valence-corrected chi connectivity index (χ2v) is 6.62. The van der Waals surface area contributed by atoms with Crippen molar-refractivity contribution < 1.29 is 18.7 Å². The van der Waals surface area contributed by atoms with E-state index in [4.69, 9.17) is 16.3 Å². The van der Waals surface area contributed by atoms with Crippen LogP contribution in [0.5, 0.6) is 5.75 Å². The lowest BCUT2D eigenvalue weighted by molar-refractivity contribution is -0.122. The number of ether oxygens (including phenoxy) is 1. The molecule has 0 heterocycles. The number of para-hydroxylation sites is 1. The molecule has 0 spiro atoms. The fourth-order valence-corrected chi connectivity index (χ4v) is 2.66. The number of hydrogen-bond donors (Lipinski definition) is 2. The molecule has 0 bridgehead atoms. The van der Waals surface area contributed by atoms with Crippen LogP contribution >= 0.6 is 11.6 Å². The standard InChI is InChI=1S/C22H18ClFN2O3/c1-14(21(27)25-17-10-8-16(24)9-11-17)29-18-12-6-15(7-13-18)22(28)26-20-5-3-2-4-19(20)23/h2-14H,1H3,(H,25,27)(H,26,28)/t14-/m1/s1. The molecule has 2 N–H and O–H groups in total. The van der Waals surface area contributed by atoms with Gasteiger partial charge in [0.25, 0.3) is 11.8 Å². The Morgan fingerprint density at radius 3 is 2.24 bits per heavy atom. The smallest absolute Gasteiger partial charge is 0.265 e. The number of benzene rings is 3. The zero-order valence-corrected chi connectivity index (χ0v) is 16.2. The molecule has 0 saturated heterocycles. The summed E-state index contributed by atoms with van der Waals surface area (Å²) >= 11 is 6.04. The summed E-state index contributed by atoms with van der Waals surface area (Å²) in [6.07, 6.45) is -0.789. The maximum Gasteiger partial charge on any atom is 0.265 e. The van der Waals surface area contributed by atoms with E-state index in [1.807, 2.05) is 0 Å². The largest absolute Gasteiger partial charge is 0.481 e. The molecule has 148 valence electrons. The van der Waals surface area contributed by atoms with Gasteiger partial charge in [-0.3, -0.25) is 9.59 Å². The van der Waals surface area contributed by atoms with Gasteiger partial charge in [-0.1, -0.05) is 23.7 Å². The lowest BCUT2D eigenvalue weighted by Crippen LogP contribution is -2.30. The number of halogens is 2. The highest BCUT2D eigenvalue weighted by molar-refractivity contribution is 6.33. The molecule has 3 aromatic rings. The average Bonchev–Trinajstić information content (AvgIpc) is 2.72. The van der Waals surface area contributed by atoms with Crippen molar-refractivity contribution in [2.75, 3.05) is 10.6 Å². The summed E-state index contributed by atoms with van der Waals surface area (Å²) in [5.74, 6) is -0.643. The summed E-state index contributed by atoms with van der Waals surface area (Å²) in [7, 11) is 0. The number of hydrogen-bond acceptors (Lipinski definition) is 3. The predicted octanol–water partition coefficient (Wildman–Crippen LogP) is 5.14. The van der Waals surface area contributed by atoms with Crippen LogP contribution in [0.2, 0.25) is 5.02 Å². The molecule has 0 aliphatic rings. The Morgan fingerprint density at radius 1 is 0.931 bits per heavy atom. The van der Waals surface area contributed by atoms with Gasteiger partial charge in [-0.05, 0) is 67.6 Å². The first-order valence-corrected chi connectivity index (χ1v) is 9.19. The van der Waals surface area contributed by atoms with Crippen LogP contribution in [0.4, 0.5) is 15.8 Å². The second kappa shape index (κ2) is 9.21. The summed E-state index contributed by atoms with van der Waals surface area (Å²) in [5, 5.41) is 5.82. The van der Waals surface area contributed by atoms with Crippen LogP contribution in [-0.4, -0.2) is 17.9 Å². The molecule has 0 fully saturated rings. The minimum atomic E-state index is -0.789. The van der Waals surface area contributed by atoms with Gasteiger partial charge in [0.2, 0.25) is 0 Å². The lowest BCUT2D eigenvalue weighted by Gasteiger charge is -2.15. The summed E-state index contributed by atoms with van der Waals surface area (Å²) < 4.78 is 18.5. The quantitative estimate of drug-likeness (QED) is 0.589. The van der Waals surface area contributed by atoms with Crippen molar-refractivity contribution in [2.45, 2.75) is 13.0 Å². The molecule has 0 aliphatic carbocycles. The molecule has 0 unspecified atom stereocenters. The average molecular weight is 413 g/mol. The van der Waals surface area contributed by atoms with Gasteiger partial charge in [0.15, 0.2) is 6.10 Å². The first-order chi connectivity index (χ1) is 13.9. The summed E-state index contributed by atoms with van der Waals surface area (Å²) in [6, 6.07) is 18.8. The Balaban J connectivity index is 1.58. The maximum atomic E-state index is 12.9. The van der Waals surface area contributed by atoms with Gasteiger partial charge in [-0.15, -0.1) is 0 Å². The third kappa shape index (κ3) is 5.56. The molecule has 7 heteroatoms. The first kappa shape index (κ1) is 20.4. The van der Waals surface area contributed by atoms with E-state index in [0.717, 1.165) is 0 Å². The van der Waals surface area contributed by atoms with Gasteiger partial charge in [-0.25, -0.2) is 4.39 Å². The fourth-order valence-electron chi connectivity index (χ4n) is 2.48. The minimum absolute atomic E-state index is 0.313. The normalized spacial score (nSPS) is 11.4. The van der Waals surface area contributed by atoms with E-state index < -0.39 is 6.10 Å². The second-order valence-electron chi connectivity index (χ2n) is 6.21. The van der Waals surface area contributed by atoms with Crippen LogP contribution < -0.4 is 15.4 Å².